The maximum Gasteiger partial charge on any atom is 0.252 e. The Bertz CT molecular complexity index is 893. The molecule has 2 aliphatic rings. The first-order valence-electron chi connectivity index (χ1n) is 9.48. The van der Waals surface area contributed by atoms with E-state index >= 15 is 0 Å². The van der Waals surface area contributed by atoms with Crippen molar-refractivity contribution in [3.8, 4) is 0 Å². The maximum atomic E-state index is 12.4. The molecule has 2 fully saturated rings. The van der Waals surface area contributed by atoms with Crippen molar-refractivity contribution in [3.63, 3.8) is 0 Å². The summed E-state index contributed by atoms with van der Waals surface area (Å²) in [6.45, 7) is 2.48. The van der Waals surface area contributed by atoms with Crippen LogP contribution in [-0.4, -0.2) is 70.9 Å². The summed E-state index contributed by atoms with van der Waals surface area (Å²) >= 11 is 0. The first-order valence-corrected chi connectivity index (χ1v) is 9.48. The highest BCUT2D eigenvalue weighted by atomic mass is 16.5. The molecule has 2 atom stereocenters. The second-order valence-electron chi connectivity index (χ2n) is 7.16. The lowest BCUT2D eigenvalue weighted by Crippen LogP contribution is -2.51. The van der Waals surface area contributed by atoms with Crippen LogP contribution in [0, 0.1) is 0 Å². The molecule has 2 aromatic rings. The molecule has 3 N–H and O–H groups in total. The van der Waals surface area contributed by atoms with Gasteiger partial charge in [-0.15, -0.1) is 0 Å². The van der Waals surface area contributed by atoms with Crippen molar-refractivity contribution in [2.75, 3.05) is 32.9 Å². The molecule has 0 radical (unpaired) electrons. The molecule has 3 heterocycles. The van der Waals surface area contributed by atoms with E-state index in [9.17, 15) is 9.90 Å². The fourth-order valence-electron chi connectivity index (χ4n) is 3.66. The Hall–Kier alpha value is -2.55. The van der Waals surface area contributed by atoms with Crippen molar-refractivity contribution in [3.05, 3.63) is 42.0 Å². The number of ether oxygens (including phenoxy) is 2. The number of aliphatic hydroxyl groups excluding tert-OH is 1. The molecule has 0 aliphatic carbocycles. The first kappa shape index (κ1) is 18.8. The Morgan fingerprint density at radius 1 is 1.39 bits per heavy atom. The fraction of sp³-hybridized carbons (Fsp3) is 0.450. The number of aromatic nitrogens is 2. The Morgan fingerprint density at radius 3 is 2.96 bits per heavy atom. The van der Waals surface area contributed by atoms with E-state index in [1.807, 2.05) is 18.2 Å². The number of rotatable bonds is 7. The Labute approximate surface area is 163 Å². The topological polar surface area (TPSA) is 111 Å². The normalized spacial score (nSPS) is 23.3. The number of nitrogens with two attached hydrogens (primary N) is 1. The molecule has 2 unspecified atom stereocenters. The minimum absolute atomic E-state index is 0.0811. The second-order valence-corrected chi connectivity index (χ2v) is 7.16. The van der Waals surface area contributed by atoms with E-state index in [0.29, 0.717) is 36.7 Å². The van der Waals surface area contributed by atoms with Crippen molar-refractivity contribution in [1.82, 2.24) is 14.9 Å². The number of likely N-dealkylation sites (tertiary alicyclic amines) is 1. The minimum Gasteiger partial charge on any atom is -0.490 e. The average Bonchev–Trinajstić information content (AvgIpc) is 3.18. The number of primary amides is 1. The van der Waals surface area contributed by atoms with Crippen LogP contribution in [0.2, 0.25) is 0 Å². The van der Waals surface area contributed by atoms with E-state index in [-0.39, 0.29) is 18.8 Å². The summed E-state index contributed by atoms with van der Waals surface area (Å²) < 4.78 is 11.6. The smallest absolute Gasteiger partial charge is 0.252 e. The molecule has 28 heavy (non-hydrogen) atoms. The van der Waals surface area contributed by atoms with Gasteiger partial charge >= 0.3 is 0 Å². The molecule has 1 aromatic carbocycles. The summed E-state index contributed by atoms with van der Waals surface area (Å²) in [7, 11) is 0. The largest absolute Gasteiger partial charge is 0.490 e. The lowest BCUT2D eigenvalue weighted by atomic mass is 9.99. The van der Waals surface area contributed by atoms with Crippen LogP contribution in [0.15, 0.2) is 36.5 Å². The highest BCUT2D eigenvalue weighted by Crippen LogP contribution is 2.28. The third kappa shape index (κ3) is 3.84. The van der Waals surface area contributed by atoms with Gasteiger partial charge in [-0.2, -0.15) is 0 Å². The van der Waals surface area contributed by atoms with E-state index in [1.54, 1.807) is 6.20 Å². The second kappa shape index (κ2) is 8.22. The van der Waals surface area contributed by atoms with E-state index in [2.05, 4.69) is 14.9 Å². The van der Waals surface area contributed by atoms with Gasteiger partial charge in [-0.25, -0.2) is 9.97 Å². The van der Waals surface area contributed by atoms with Crippen LogP contribution in [0.3, 0.4) is 0 Å². The quantitative estimate of drug-likeness (QED) is 0.534. The number of hydrogen-bond donors (Lipinski definition) is 2. The highest BCUT2D eigenvalue weighted by molar-refractivity contribution is 6.20. The monoisotopic (exact) mass is 384 g/mol. The summed E-state index contributed by atoms with van der Waals surface area (Å²) in [5.41, 5.74) is 7.59. The molecule has 1 amide bonds. The van der Waals surface area contributed by atoms with E-state index in [4.69, 9.17) is 15.2 Å². The zero-order valence-corrected chi connectivity index (χ0v) is 15.6. The molecule has 2 saturated heterocycles. The molecule has 0 spiro atoms. The number of hydrogen-bond acceptors (Lipinski definition) is 7. The maximum absolute atomic E-state index is 12.4. The van der Waals surface area contributed by atoms with Gasteiger partial charge in [0, 0.05) is 30.6 Å². The minimum atomic E-state index is -0.550. The van der Waals surface area contributed by atoms with Crippen LogP contribution < -0.4 is 5.73 Å². The van der Waals surface area contributed by atoms with E-state index in [0.717, 1.165) is 30.3 Å². The fourth-order valence-corrected chi connectivity index (χ4v) is 3.66. The number of carbonyl (C=O) groups is 1. The molecule has 8 nitrogen and oxygen atoms in total. The van der Waals surface area contributed by atoms with E-state index < -0.39 is 5.91 Å². The number of aliphatic hydroxyl groups is 1. The molecular weight excluding hydrogens is 360 g/mol. The van der Waals surface area contributed by atoms with Crippen LogP contribution >= 0.6 is 0 Å². The molecule has 148 valence electrons. The standard InChI is InChI=1S/C20H24N4O4/c21-20(26)19(13-1-2-17-14(7-13)8-22-12-23-17)18(28-16-4-6-27-11-16)9-24-5-3-15(24)10-25/h1-2,7-8,12,15-16,25H,3-6,9-11H2,(H2,21,26). The molecule has 2 aliphatic heterocycles. The molecular formula is C20H24N4O4. The molecule has 0 saturated carbocycles. The number of amides is 1. The van der Waals surface area contributed by atoms with Gasteiger partial charge in [-0.05, 0) is 24.1 Å². The van der Waals surface area contributed by atoms with Gasteiger partial charge in [-0.3, -0.25) is 9.69 Å². The molecule has 1 aromatic heterocycles. The van der Waals surface area contributed by atoms with Crippen LogP contribution in [-0.2, 0) is 14.3 Å². The van der Waals surface area contributed by atoms with Crippen molar-refractivity contribution in [1.29, 1.82) is 0 Å². The van der Waals surface area contributed by atoms with Gasteiger partial charge in [0.2, 0.25) is 0 Å². The van der Waals surface area contributed by atoms with Gasteiger partial charge in [-0.1, -0.05) is 6.07 Å². The first-order chi connectivity index (χ1) is 13.7. The third-order valence-corrected chi connectivity index (χ3v) is 5.34. The van der Waals surface area contributed by atoms with Crippen LogP contribution in [0.5, 0.6) is 0 Å². The Kier molecular flexibility index (Phi) is 5.52. The molecule has 0 bridgehead atoms. The zero-order valence-electron chi connectivity index (χ0n) is 15.6. The van der Waals surface area contributed by atoms with Gasteiger partial charge in [0.25, 0.3) is 5.91 Å². The van der Waals surface area contributed by atoms with Gasteiger partial charge in [0.15, 0.2) is 0 Å². The van der Waals surface area contributed by atoms with Crippen LogP contribution in [0.4, 0.5) is 0 Å². The molecule has 8 heteroatoms. The van der Waals surface area contributed by atoms with Crippen molar-refractivity contribution >= 4 is 22.4 Å². The number of nitrogens with zero attached hydrogens (tertiary/aromatic N) is 3. The van der Waals surface area contributed by atoms with E-state index in [1.165, 1.54) is 6.33 Å². The highest BCUT2D eigenvalue weighted by Gasteiger charge is 2.31. The predicted octanol–water partition coefficient (Wildman–Crippen LogP) is 0.698. The zero-order chi connectivity index (χ0) is 19.5. The van der Waals surface area contributed by atoms with Crippen molar-refractivity contribution in [2.24, 2.45) is 5.73 Å². The van der Waals surface area contributed by atoms with Gasteiger partial charge in [0.05, 0.1) is 37.5 Å². The Balaban J connectivity index is 1.73. The summed E-state index contributed by atoms with van der Waals surface area (Å²) in [4.78, 5) is 22.8. The van der Waals surface area contributed by atoms with Crippen LogP contribution in [0.1, 0.15) is 18.4 Å². The summed E-state index contributed by atoms with van der Waals surface area (Å²) in [6.07, 6.45) is 4.77. The number of carbonyl (C=O) groups excluding carboxylic acids is 1. The predicted molar refractivity (Wildman–Crippen MR) is 103 cm³/mol. The lowest BCUT2D eigenvalue weighted by molar-refractivity contribution is -0.113. The van der Waals surface area contributed by atoms with Crippen molar-refractivity contribution in [2.45, 2.75) is 25.0 Å². The number of benzene rings is 1. The lowest BCUT2D eigenvalue weighted by Gasteiger charge is -2.40. The summed E-state index contributed by atoms with van der Waals surface area (Å²) in [5.74, 6) is -0.0245. The summed E-state index contributed by atoms with van der Waals surface area (Å²) in [5, 5.41) is 10.3. The third-order valence-electron chi connectivity index (χ3n) is 5.34. The van der Waals surface area contributed by atoms with Gasteiger partial charge in [0.1, 0.15) is 18.2 Å². The molecule has 4 rings (SSSR count). The summed E-state index contributed by atoms with van der Waals surface area (Å²) in [6, 6.07) is 5.59. The Morgan fingerprint density at radius 2 is 2.29 bits per heavy atom. The SMILES string of the molecule is NC(=O)C(=C(CN1CCC1CO)OC1CCOC1)c1ccc2ncncc2c1. The number of fused-ring (bicyclic) bond motifs is 1. The van der Waals surface area contributed by atoms with Crippen LogP contribution in [0.25, 0.3) is 16.5 Å². The van der Waals surface area contributed by atoms with Crippen molar-refractivity contribution < 1.29 is 19.4 Å². The van der Waals surface area contributed by atoms with Gasteiger partial charge < -0.3 is 20.3 Å². The average molecular weight is 384 g/mol.